The molecule has 0 radical (unpaired) electrons. The summed E-state index contributed by atoms with van der Waals surface area (Å²) in [6.07, 6.45) is -4.61. The number of aromatic nitrogens is 1. The van der Waals surface area contributed by atoms with Gasteiger partial charge >= 0.3 is 6.18 Å². The van der Waals surface area contributed by atoms with Crippen molar-refractivity contribution in [2.75, 3.05) is 6.79 Å². The molecular weight excluding hydrogens is 480 g/mol. The number of para-hydroxylation sites is 1. The average Bonchev–Trinajstić information content (AvgIpc) is 2.86. The summed E-state index contributed by atoms with van der Waals surface area (Å²) in [5, 5.41) is 3.07. The van der Waals surface area contributed by atoms with Crippen molar-refractivity contribution in [2.24, 2.45) is 0 Å². The Bertz CT molecular complexity index is 1550. The van der Waals surface area contributed by atoms with Gasteiger partial charge in [0.25, 0.3) is 11.5 Å². The number of carbonyl (C=O) groups excluding carboxylic acids is 1. The molecule has 0 fully saturated rings. The van der Waals surface area contributed by atoms with Crippen LogP contribution in [0.25, 0.3) is 16.6 Å². The van der Waals surface area contributed by atoms with E-state index in [-0.39, 0.29) is 31.2 Å². The lowest BCUT2D eigenvalue weighted by Gasteiger charge is -2.21. The number of hydrogen-bond acceptors (Lipinski definition) is 4. The molecule has 0 unspecified atom stereocenters. The first-order valence-electron chi connectivity index (χ1n) is 10.8. The molecule has 0 saturated heterocycles. The van der Waals surface area contributed by atoms with Gasteiger partial charge in [0, 0.05) is 23.4 Å². The standard InChI is InChI=1S/C26H18F4N2O4/c27-19-8-16(23-17(9-19)13-35-14-36-23)12-31-24(33)21-10-15-4-1-2-7-22(15)32(25(21)34)20-6-3-5-18(11-20)26(28,29)30/h1-11H,12-14H2,(H,31,33). The van der Waals surface area contributed by atoms with Crippen LogP contribution in [0.1, 0.15) is 27.0 Å². The van der Waals surface area contributed by atoms with E-state index in [1.54, 1.807) is 24.3 Å². The van der Waals surface area contributed by atoms with Crippen LogP contribution in [0.2, 0.25) is 0 Å². The quantitative estimate of drug-likeness (QED) is 0.405. The van der Waals surface area contributed by atoms with Gasteiger partial charge in [0.15, 0.2) is 6.79 Å². The molecule has 0 saturated carbocycles. The molecule has 1 amide bonds. The summed E-state index contributed by atoms with van der Waals surface area (Å²) in [5.74, 6) is -0.913. The number of amides is 1. The second-order valence-electron chi connectivity index (χ2n) is 8.15. The molecule has 5 rings (SSSR count). The molecular formula is C26H18F4N2O4. The predicted octanol–water partition coefficient (Wildman–Crippen LogP) is 4.95. The third kappa shape index (κ3) is 4.42. The molecule has 36 heavy (non-hydrogen) atoms. The highest BCUT2D eigenvalue weighted by Crippen LogP contribution is 2.31. The first-order valence-corrected chi connectivity index (χ1v) is 10.8. The Morgan fingerprint density at radius 2 is 1.83 bits per heavy atom. The zero-order valence-electron chi connectivity index (χ0n) is 18.6. The Hall–Kier alpha value is -4.18. The topological polar surface area (TPSA) is 69.6 Å². The number of nitrogens with zero attached hydrogens (tertiary/aromatic N) is 1. The van der Waals surface area contributed by atoms with E-state index in [1.165, 1.54) is 30.3 Å². The minimum absolute atomic E-state index is 0.0219. The Balaban J connectivity index is 1.55. The largest absolute Gasteiger partial charge is 0.467 e. The van der Waals surface area contributed by atoms with E-state index in [2.05, 4.69) is 5.32 Å². The molecule has 0 bridgehead atoms. The van der Waals surface area contributed by atoms with Crippen molar-refractivity contribution in [3.8, 4) is 11.4 Å². The molecule has 10 heteroatoms. The highest BCUT2D eigenvalue weighted by molar-refractivity contribution is 5.97. The lowest BCUT2D eigenvalue weighted by atomic mass is 10.1. The van der Waals surface area contributed by atoms with Gasteiger partial charge in [-0.2, -0.15) is 13.2 Å². The van der Waals surface area contributed by atoms with E-state index in [1.807, 2.05) is 0 Å². The summed E-state index contributed by atoms with van der Waals surface area (Å²) in [6.45, 7) is -0.0128. The Labute approximate surface area is 201 Å². The van der Waals surface area contributed by atoms with Gasteiger partial charge in [-0.25, -0.2) is 4.39 Å². The summed E-state index contributed by atoms with van der Waals surface area (Å²) in [7, 11) is 0. The summed E-state index contributed by atoms with van der Waals surface area (Å²) in [6, 6.07) is 14.7. The lowest BCUT2D eigenvalue weighted by Crippen LogP contribution is -2.32. The third-order valence-corrected chi connectivity index (χ3v) is 5.78. The van der Waals surface area contributed by atoms with Gasteiger partial charge in [0.2, 0.25) is 0 Å². The Morgan fingerprint density at radius 3 is 2.64 bits per heavy atom. The number of ether oxygens (including phenoxy) is 2. The average molecular weight is 498 g/mol. The van der Waals surface area contributed by atoms with E-state index < -0.39 is 29.0 Å². The second-order valence-corrected chi connectivity index (χ2v) is 8.15. The van der Waals surface area contributed by atoms with Crippen LogP contribution in [0.15, 0.2) is 71.5 Å². The van der Waals surface area contributed by atoms with Crippen molar-refractivity contribution in [1.82, 2.24) is 9.88 Å². The maximum Gasteiger partial charge on any atom is 0.416 e. The maximum atomic E-state index is 14.0. The summed E-state index contributed by atoms with van der Waals surface area (Å²) >= 11 is 0. The van der Waals surface area contributed by atoms with Crippen LogP contribution in [0.3, 0.4) is 0 Å². The van der Waals surface area contributed by atoms with Gasteiger partial charge in [-0.05, 0) is 47.9 Å². The summed E-state index contributed by atoms with van der Waals surface area (Å²) in [5.41, 5.74) is -0.842. The van der Waals surface area contributed by atoms with Crippen molar-refractivity contribution in [2.45, 2.75) is 19.3 Å². The van der Waals surface area contributed by atoms with Gasteiger partial charge < -0.3 is 14.8 Å². The molecule has 184 valence electrons. The van der Waals surface area contributed by atoms with E-state index in [9.17, 15) is 27.2 Å². The molecule has 0 aliphatic carbocycles. The molecule has 1 aliphatic rings. The van der Waals surface area contributed by atoms with Crippen LogP contribution >= 0.6 is 0 Å². The number of pyridine rings is 1. The predicted molar refractivity (Wildman–Crippen MR) is 122 cm³/mol. The maximum absolute atomic E-state index is 14.0. The van der Waals surface area contributed by atoms with Gasteiger partial charge in [-0.1, -0.05) is 24.3 Å². The first-order chi connectivity index (χ1) is 17.2. The van der Waals surface area contributed by atoms with E-state index in [0.29, 0.717) is 27.8 Å². The van der Waals surface area contributed by atoms with Crippen LogP contribution in [0.5, 0.6) is 5.75 Å². The molecule has 3 aromatic carbocycles. The highest BCUT2D eigenvalue weighted by atomic mass is 19.4. The van der Waals surface area contributed by atoms with Crippen LogP contribution < -0.4 is 15.6 Å². The number of rotatable bonds is 4. The zero-order chi connectivity index (χ0) is 25.4. The van der Waals surface area contributed by atoms with Gasteiger partial charge in [0.05, 0.1) is 17.7 Å². The number of hydrogen-bond donors (Lipinski definition) is 1. The molecule has 6 nitrogen and oxygen atoms in total. The normalized spacial score (nSPS) is 13.2. The van der Waals surface area contributed by atoms with Crippen molar-refractivity contribution in [1.29, 1.82) is 0 Å². The molecule has 2 heterocycles. The number of carbonyl (C=O) groups is 1. The first kappa shape index (κ1) is 23.6. The molecule has 1 aromatic heterocycles. The van der Waals surface area contributed by atoms with E-state index in [4.69, 9.17) is 9.47 Å². The fourth-order valence-electron chi connectivity index (χ4n) is 4.16. The smallest absolute Gasteiger partial charge is 0.416 e. The Morgan fingerprint density at radius 1 is 1.03 bits per heavy atom. The van der Waals surface area contributed by atoms with Crippen LogP contribution in [-0.2, 0) is 24.1 Å². The van der Waals surface area contributed by atoms with Gasteiger partial charge in [-0.15, -0.1) is 0 Å². The van der Waals surface area contributed by atoms with E-state index >= 15 is 0 Å². The SMILES string of the molecule is O=C(NCc1cc(F)cc2c1OCOC2)c1cc2ccccc2n(-c2cccc(C(F)(F)F)c2)c1=O. The Kier molecular flexibility index (Phi) is 5.97. The molecule has 0 atom stereocenters. The zero-order valence-corrected chi connectivity index (χ0v) is 18.6. The minimum atomic E-state index is -4.61. The fourth-order valence-corrected chi connectivity index (χ4v) is 4.16. The third-order valence-electron chi connectivity index (χ3n) is 5.78. The molecule has 4 aromatic rings. The molecule has 0 spiro atoms. The number of alkyl halides is 3. The lowest BCUT2D eigenvalue weighted by molar-refractivity contribution is -0.137. The van der Waals surface area contributed by atoms with Crippen molar-refractivity contribution >= 4 is 16.8 Å². The monoisotopic (exact) mass is 498 g/mol. The van der Waals surface area contributed by atoms with Gasteiger partial charge in [-0.3, -0.25) is 14.2 Å². The highest BCUT2D eigenvalue weighted by Gasteiger charge is 2.31. The van der Waals surface area contributed by atoms with E-state index in [0.717, 1.165) is 16.7 Å². The van der Waals surface area contributed by atoms with Crippen LogP contribution in [-0.4, -0.2) is 17.3 Å². The van der Waals surface area contributed by atoms with Crippen LogP contribution in [0, 0.1) is 5.82 Å². The summed E-state index contributed by atoms with van der Waals surface area (Å²) < 4.78 is 65.7. The van der Waals surface area contributed by atoms with Gasteiger partial charge in [0.1, 0.15) is 17.1 Å². The van der Waals surface area contributed by atoms with Crippen molar-refractivity contribution in [3.05, 3.63) is 105 Å². The number of halogens is 4. The number of benzene rings is 3. The molecule has 1 aliphatic heterocycles. The van der Waals surface area contributed by atoms with Crippen molar-refractivity contribution < 1.29 is 31.8 Å². The summed E-state index contributed by atoms with van der Waals surface area (Å²) in [4.78, 5) is 26.5. The van der Waals surface area contributed by atoms with Crippen molar-refractivity contribution in [3.63, 3.8) is 0 Å². The number of fused-ring (bicyclic) bond motifs is 2. The van der Waals surface area contributed by atoms with Crippen LogP contribution in [0.4, 0.5) is 17.6 Å². The minimum Gasteiger partial charge on any atom is -0.467 e. The number of nitrogens with one attached hydrogen (secondary N) is 1. The fraction of sp³-hybridized carbons (Fsp3) is 0.154. The second kappa shape index (κ2) is 9.12. The molecule has 1 N–H and O–H groups in total.